The van der Waals surface area contributed by atoms with E-state index in [1.165, 1.54) is 18.3 Å². The highest BCUT2D eigenvalue weighted by atomic mass is 32.2. The minimum absolute atomic E-state index is 0.0518. The van der Waals surface area contributed by atoms with Crippen LogP contribution in [0.4, 0.5) is 9.52 Å². The highest BCUT2D eigenvalue weighted by Gasteiger charge is 2.19. The molecule has 9 heteroatoms. The van der Waals surface area contributed by atoms with Crippen LogP contribution in [0.5, 0.6) is 0 Å². The van der Waals surface area contributed by atoms with Crippen LogP contribution in [0, 0.1) is 5.82 Å². The molecular weight excluding hydrogens is 351 g/mol. The Kier molecular flexibility index (Phi) is 4.56. The zero-order chi connectivity index (χ0) is 17.2. The lowest BCUT2D eigenvalue weighted by atomic mass is 10.0. The number of sulfonamides is 1. The fourth-order valence-corrected chi connectivity index (χ4v) is 3.62. The number of anilines is 1. The van der Waals surface area contributed by atoms with Gasteiger partial charge < -0.3 is 5.32 Å². The predicted octanol–water partition coefficient (Wildman–Crippen LogP) is 2.53. The van der Waals surface area contributed by atoms with E-state index in [1.807, 2.05) is 6.07 Å². The molecule has 2 heterocycles. The Morgan fingerprint density at radius 1 is 1.17 bits per heavy atom. The second-order valence-electron chi connectivity index (χ2n) is 4.92. The van der Waals surface area contributed by atoms with E-state index in [0.29, 0.717) is 16.4 Å². The normalized spacial score (nSPS) is 12.8. The third-order valence-corrected chi connectivity index (χ3v) is 5.53. The zero-order valence-corrected chi connectivity index (χ0v) is 13.9. The summed E-state index contributed by atoms with van der Waals surface area (Å²) in [7, 11) is -3.81. The number of hydrogen-bond acceptors (Lipinski definition) is 6. The van der Waals surface area contributed by atoms with Gasteiger partial charge in [-0.25, -0.2) is 22.9 Å². The SMILES string of the molecule is NS(=O)(=O)c1cnc(NC(c2cccc(F)c2)c2ccccn2)s1. The number of nitrogens with zero attached hydrogens (tertiary/aromatic N) is 2. The molecule has 3 rings (SSSR count). The average molecular weight is 364 g/mol. The molecule has 6 nitrogen and oxygen atoms in total. The van der Waals surface area contributed by atoms with Crippen LogP contribution in [0.2, 0.25) is 0 Å². The molecule has 0 saturated heterocycles. The summed E-state index contributed by atoms with van der Waals surface area (Å²) in [4.78, 5) is 8.31. The summed E-state index contributed by atoms with van der Waals surface area (Å²) in [5, 5.41) is 8.53. The Morgan fingerprint density at radius 3 is 2.62 bits per heavy atom. The minimum Gasteiger partial charge on any atom is -0.349 e. The number of halogens is 1. The quantitative estimate of drug-likeness (QED) is 0.725. The molecule has 24 heavy (non-hydrogen) atoms. The van der Waals surface area contributed by atoms with Crippen LogP contribution >= 0.6 is 11.3 Å². The first-order chi connectivity index (χ1) is 11.4. The largest absolute Gasteiger partial charge is 0.349 e. The van der Waals surface area contributed by atoms with Crippen molar-refractivity contribution in [3.05, 3.63) is 71.9 Å². The Balaban J connectivity index is 1.98. The number of benzene rings is 1. The summed E-state index contributed by atoms with van der Waals surface area (Å²) < 4.78 is 36.3. The molecule has 0 aliphatic rings. The number of primary sulfonamides is 1. The minimum atomic E-state index is -3.81. The van der Waals surface area contributed by atoms with E-state index in [9.17, 15) is 12.8 Å². The first-order valence-electron chi connectivity index (χ1n) is 6.85. The van der Waals surface area contributed by atoms with Crippen molar-refractivity contribution < 1.29 is 12.8 Å². The lowest BCUT2D eigenvalue weighted by Gasteiger charge is -2.18. The maximum Gasteiger partial charge on any atom is 0.249 e. The molecule has 1 unspecified atom stereocenters. The summed E-state index contributed by atoms with van der Waals surface area (Å²) in [6.07, 6.45) is 2.81. The van der Waals surface area contributed by atoms with Crippen molar-refractivity contribution in [1.29, 1.82) is 0 Å². The van der Waals surface area contributed by atoms with Gasteiger partial charge in [0.15, 0.2) is 9.34 Å². The number of pyridine rings is 1. The lowest BCUT2D eigenvalue weighted by molar-refractivity contribution is 0.599. The van der Waals surface area contributed by atoms with Crippen molar-refractivity contribution in [2.24, 2.45) is 5.14 Å². The fraction of sp³-hybridized carbons (Fsp3) is 0.0667. The summed E-state index contributed by atoms with van der Waals surface area (Å²) >= 11 is 0.905. The molecule has 0 radical (unpaired) electrons. The molecule has 0 bridgehead atoms. The van der Waals surface area contributed by atoms with E-state index in [2.05, 4.69) is 15.3 Å². The summed E-state index contributed by atoms with van der Waals surface area (Å²) in [5.41, 5.74) is 1.29. The lowest BCUT2D eigenvalue weighted by Crippen LogP contribution is -2.14. The van der Waals surface area contributed by atoms with Crippen LogP contribution in [0.1, 0.15) is 17.3 Å². The van der Waals surface area contributed by atoms with Crippen molar-refractivity contribution >= 4 is 26.5 Å². The highest BCUT2D eigenvalue weighted by Crippen LogP contribution is 2.29. The van der Waals surface area contributed by atoms with Crippen molar-refractivity contribution in [2.45, 2.75) is 10.3 Å². The van der Waals surface area contributed by atoms with Gasteiger partial charge in [0, 0.05) is 6.20 Å². The van der Waals surface area contributed by atoms with Crippen LogP contribution in [0.3, 0.4) is 0 Å². The predicted molar refractivity (Wildman–Crippen MR) is 89.6 cm³/mol. The Labute approximate surface area is 142 Å². The molecule has 2 aromatic heterocycles. The molecule has 0 spiro atoms. The smallest absolute Gasteiger partial charge is 0.249 e. The van der Waals surface area contributed by atoms with Crippen LogP contribution in [-0.2, 0) is 10.0 Å². The molecular formula is C15H13FN4O2S2. The van der Waals surface area contributed by atoms with Gasteiger partial charge in [-0.2, -0.15) is 0 Å². The number of thiazole rings is 1. The third kappa shape index (κ3) is 3.75. The standard InChI is InChI=1S/C15H13FN4O2S2/c16-11-5-3-4-10(8-11)14(12-6-1-2-7-18-12)20-15-19-9-13(23-15)24(17,21)22/h1-9,14H,(H,19,20)(H2,17,21,22). The van der Waals surface area contributed by atoms with Gasteiger partial charge in [-0.05, 0) is 29.8 Å². The van der Waals surface area contributed by atoms with Gasteiger partial charge in [0.05, 0.1) is 17.9 Å². The number of nitrogens with one attached hydrogen (secondary N) is 1. The third-order valence-electron chi connectivity index (χ3n) is 3.20. The Bertz CT molecular complexity index is 945. The summed E-state index contributed by atoms with van der Waals surface area (Å²) in [6, 6.07) is 11.0. The number of nitrogens with two attached hydrogens (primary N) is 1. The van der Waals surface area contributed by atoms with Gasteiger partial charge in [-0.15, -0.1) is 0 Å². The average Bonchev–Trinajstić information content (AvgIpc) is 3.02. The second-order valence-corrected chi connectivity index (χ2v) is 7.74. The molecule has 0 aliphatic heterocycles. The van der Waals surface area contributed by atoms with E-state index in [1.54, 1.807) is 30.5 Å². The van der Waals surface area contributed by atoms with Crippen LogP contribution in [-0.4, -0.2) is 18.4 Å². The molecule has 124 valence electrons. The molecule has 1 atom stereocenters. The zero-order valence-electron chi connectivity index (χ0n) is 12.3. The second kappa shape index (κ2) is 6.63. The van der Waals surface area contributed by atoms with E-state index in [-0.39, 0.29) is 10.0 Å². The van der Waals surface area contributed by atoms with Crippen molar-refractivity contribution in [3.63, 3.8) is 0 Å². The monoisotopic (exact) mass is 364 g/mol. The molecule has 1 aromatic carbocycles. The first-order valence-corrected chi connectivity index (χ1v) is 9.21. The van der Waals surface area contributed by atoms with Gasteiger partial charge in [0.1, 0.15) is 5.82 Å². The Morgan fingerprint density at radius 2 is 2.00 bits per heavy atom. The number of rotatable bonds is 5. The molecule has 3 N–H and O–H groups in total. The van der Waals surface area contributed by atoms with Crippen LogP contribution in [0.25, 0.3) is 0 Å². The molecule has 0 aliphatic carbocycles. The van der Waals surface area contributed by atoms with Crippen LogP contribution in [0.15, 0.2) is 59.1 Å². The van der Waals surface area contributed by atoms with Gasteiger partial charge in [-0.1, -0.05) is 29.5 Å². The maximum absolute atomic E-state index is 13.6. The van der Waals surface area contributed by atoms with Gasteiger partial charge in [-0.3, -0.25) is 4.98 Å². The first kappa shape index (κ1) is 16.5. The molecule has 0 amide bonds. The summed E-state index contributed by atoms with van der Waals surface area (Å²) in [5.74, 6) is -0.375. The molecule has 0 saturated carbocycles. The maximum atomic E-state index is 13.6. The van der Waals surface area contributed by atoms with Crippen molar-refractivity contribution in [2.75, 3.05) is 5.32 Å². The van der Waals surface area contributed by atoms with Crippen LogP contribution < -0.4 is 10.5 Å². The van der Waals surface area contributed by atoms with Crippen molar-refractivity contribution in [1.82, 2.24) is 9.97 Å². The van der Waals surface area contributed by atoms with Gasteiger partial charge in [0.25, 0.3) is 0 Å². The van der Waals surface area contributed by atoms with Gasteiger partial charge in [0.2, 0.25) is 10.0 Å². The van der Waals surface area contributed by atoms with Gasteiger partial charge >= 0.3 is 0 Å². The van der Waals surface area contributed by atoms with Crippen molar-refractivity contribution in [3.8, 4) is 0 Å². The van der Waals surface area contributed by atoms with E-state index in [0.717, 1.165) is 11.3 Å². The topological polar surface area (TPSA) is 98.0 Å². The molecule has 3 aromatic rings. The highest BCUT2D eigenvalue weighted by molar-refractivity contribution is 7.91. The van der Waals surface area contributed by atoms with E-state index in [4.69, 9.17) is 5.14 Å². The summed E-state index contributed by atoms with van der Waals surface area (Å²) in [6.45, 7) is 0. The number of aromatic nitrogens is 2. The fourth-order valence-electron chi connectivity index (χ4n) is 2.14. The molecule has 0 fully saturated rings. The number of hydrogen-bond donors (Lipinski definition) is 2. The van der Waals surface area contributed by atoms with E-state index >= 15 is 0 Å². The Hall–Kier alpha value is -2.36. The van der Waals surface area contributed by atoms with E-state index < -0.39 is 16.1 Å².